The van der Waals surface area contributed by atoms with Crippen LogP contribution in [-0.4, -0.2) is 89.4 Å². The second-order valence-corrected chi connectivity index (χ2v) is 11.6. The molecule has 2 aromatic rings. The molecule has 4 heterocycles. The van der Waals surface area contributed by atoms with Crippen LogP contribution in [0.15, 0.2) is 24.3 Å². The summed E-state index contributed by atoms with van der Waals surface area (Å²) in [5, 5.41) is 19.1. The van der Waals surface area contributed by atoms with Gasteiger partial charge < -0.3 is 29.4 Å². The van der Waals surface area contributed by atoms with E-state index in [0.717, 1.165) is 49.4 Å². The fourth-order valence-electron chi connectivity index (χ4n) is 6.16. The minimum Gasteiger partial charge on any atom is -0.465 e. The van der Waals surface area contributed by atoms with Crippen molar-refractivity contribution in [1.82, 2.24) is 19.8 Å². The van der Waals surface area contributed by atoms with Gasteiger partial charge in [0.25, 0.3) is 0 Å². The van der Waals surface area contributed by atoms with Gasteiger partial charge in [0.1, 0.15) is 12.4 Å². The molecule has 0 spiro atoms. The van der Waals surface area contributed by atoms with Gasteiger partial charge in [-0.25, -0.2) is 4.79 Å². The number of carbonyl (C=O) groups is 1. The third kappa shape index (κ3) is 6.09. The van der Waals surface area contributed by atoms with E-state index in [-0.39, 0.29) is 6.42 Å². The van der Waals surface area contributed by atoms with Crippen molar-refractivity contribution in [3.05, 3.63) is 41.1 Å². The van der Waals surface area contributed by atoms with Crippen molar-refractivity contribution in [1.29, 1.82) is 5.26 Å². The van der Waals surface area contributed by atoms with E-state index in [2.05, 4.69) is 65.9 Å². The molecule has 10 heteroatoms. The molecule has 2 fully saturated rings. The van der Waals surface area contributed by atoms with Crippen molar-refractivity contribution in [2.24, 2.45) is 0 Å². The van der Waals surface area contributed by atoms with Crippen molar-refractivity contribution in [2.75, 3.05) is 56.2 Å². The first-order valence-electron chi connectivity index (χ1n) is 14.5. The normalized spacial score (nSPS) is 21.7. The second-order valence-electron chi connectivity index (χ2n) is 11.6. The highest BCUT2D eigenvalue weighted by atomic mass is 16.5. The zero-order chi connectivity index (χ0) is 28.2. The molecule has 1 amide bonds. The molecule has 3 aliphatic rings. The van der Waals surface area contributed by atoms with E-state index in [1.807, 2.05) is 0 Å². The van der Waals surface area contributed by atoms with E-state index >= 15 is 0 Å². The predicted molar refractivity (Wildman–Crippen MR) is 154 cm³/mol. The number of aromatic nitrogens is 2. The number of rotatable bonds is 7. The number of ether oxygens (including phenoxy) is 1. The Labute approximate surface area is 237 Å². The fraction of sp³-hybridized carbons (Fsp3) is 0.600. The number of hydrogen-bond acceptors (Lipinski definition) is 8. The summed E-state index contributed by atoms with van der Waals surface area (Å²) in [6.45, 7) is 8.88. The number of nitriles is 1. The molecule has 1 aromatic heterocycles. The first kappa shape index (κ1) is 28.0. The van der Waals surface area contributed by atoms with Crippen LogP contribution >= 0.6 is 0 Å². The number of amides is 1. The van der Waals surface area contributed by atoms with Crippen molar-refractivity contribution in [3.63, 3.8) is 0 Å². The van der Waals surface area contributed by atoms with E-state index < -0.39 is 12.1 Å². The van der Waals surface area contributed by atoms with E-state index in [9.17, 15) is 15.2 Å². The quantitative estimate of drug-likeness (QED) is 0.548. The Bertz CT molecular complexity index is 1250. The predicted octanol–water partition coefficient (Wildman–Crippen LogP) is 4.11. The topological polar surface area (TPSA) is 109 Å². The van der Waals surface area contributed by atoms with Crippen LogP contribution < -0.4 is 14.5 Å². The molecular weight excluding hydrogens is 506 g/mol. The lowest BCUT2D eigenvalue weighted by Gasteiger charge is -2.40. The number of nitrogens with zero attached hydrogens (tertiary/aromatic N) is 7. The number of hydrogen-bond donors (Lipinski definition) is 1. The first-order chi connectivity index (χ1) is 19.3. The summed E-state index contributed by atoms with van der Waals surface area (Å²) in [5.74, 6) is 1.28. The Kier molecular flexibility index (Phi) is 8.60. The maximum absolute atomic E-state index is 11.8. The Morgan fingerprint density at radius 2 is 2.00 bits per heavy atom. The van der Waals surface area contributed by atoms with Gasteiger partial charge in [0.15, 0.2) is 0 Å². The van der Waals surface area contributed by atoms with Gasteiger partial charge in [0.2, 0.25) is 0 Å². The van der Waals surface area contributed by atoms with Gasteiger partial charge in [-0.05, 0) is 62.9 Å². The van der Waals surface area contributed by atoms with Crippen LogP contribution in [0.4, 0.5) is 16.3 Å². The average Bonchev–Trinajstić information content (AvgIpc) is 3.23. The molecule has 2 atom stereocenters. The van der Waals surface area contributed by atoms with Crippen LogP contribution in [0.1, 0.15) is 62.3 Å². The molecule has 3 aliphatic heterocycles. The van der Waals surface area contributed by atoms with E-state index in [0.29, 0.717) is 50.8 Å². The lowest BCUT2D eigenvalue weighted by molar-refractivity contribution is 0.119. The third-order valence-corrected chi connectivity index (χ3v) is 8.58. The van der Waals surface area contributed by atoms with Crippen molar-refractivity contribution >= 4 is 17.6 Å². The summed E-state index contributed by atoms with van der Waals surface area (Å²) >= 11 is 0. The zero-order valence-electron chi connectivity index (χ0n) is 23.9. The number of fused-ring (bicyclic) bond motifs is 1. The molecule has 1 aromatic carbocycles. The van der Waals surface area contributed by atoms with Gasteiger partial charge in [-0.3, -0.25) is 0 Å². The van der Waals surface area contributed by atoms with Crippen molar-refractivity contribution in [3.8, 4) is 12.1 Å². The number of benzene rings is 1. The molecule has 2 saturated heterocycles. The smallest absolute Gasteiger partial charge is 0.407 e. The van der Waals surface area contributed by atoms with E-state index in [1.54, 1.807) is 0 Å². The van der Waals surface area contributed by atoms with Gasteiger partial charge in [-0.15, -0.1) is 0 Å². The van der Waals surface area contributed by atoms with Gasteiger partial charge in [-0.2, -0.15) is 15.2 Å². The number of anilines is 2. The van der Waals surface area contributed by atoms with Crippen LogP contribution in [0.2, 0.25) is 0 Å². The summed E-state index contributed by atoms with van der Waals surface area (Å²) in [6, 6.07) is 11.3. The Morgan fingerprint density at radius 1 is 1.15 bits per heavy atom. The highest BCUT2D eigenvalue weighted by Crippen LogP contribution is 2.33. The molecule has 0 aliphatic carbocycles. The highest BCUT2D eigenvalue weighted by molar-refractivity contribution is 5.66. The standard InChI is InChI=1S/C30H41N7O3/c1-21(2)22-7-4-8-23(17-22)35-14-6-10-26-27(19-35)32-29(40-20-25-9-5-13-34(25)3)33-28(26)36-15-16-37(30(38)39)24(18-36)11-12-31/h4,7-8,17,21,24-25H,5-6,9-11,13-16,18-20H2,1-3H3,(H,38,39)/t24-,25-/m0/s1. The molecule has 0 radical (unpaired) electrons. The van der Waals surface area contributed by atoms with Crippen LogP contribution in [0.3, 0.4) is 0 Å². The lowest BCUT2D eigenvalue weighted by atomic mass is 10.0. The van der Waals surface area contributed by atoms with Gasteiger partial charge >= 0.3 is 12.1 Å². The molecule has 214 valence electrons. The number of likely N-dealkylation sites (N-methyl/N-ethyl adjacent to an activating group) is 1. The van der Waals surface area contributed by atoms with Gasteiger partial charge in [0.05, 0.1) is 30.8 Å². The molecule has 0 unspecified atom stereocenters. The zero-order valence-corrected chi connectivity index (χ0v) is 23.9. The molecule has 1 N–H and O–H groups in total. The van der Waals surface area contributed by atoms with Crippen LogP contribution in [0.5, 0.6) is 6.01 Å². The molecular formula is C30H41N7O3. The average molecular weight is 548 g/mol. The van der Waals surface area contributed by atoms with E-state index in [1.165, 1.54) is 22.6 Å². The Hall–Kier alpha value is -3.58. The highest BCUT2D eigenvalue weighted by Gasteiger charge is 2.33. The van der Waals surface area contributed by atoms with Crippen LogP contribution in [-0.2, 0) is 13.0 Å². The van der Waals surface area contributed by atoms with Crippen LogP contribution in [0, 0.1) is 11.3 Å². The Morgan fingerprint density at radius 3 is 2.73 bits per heavy atom. The van der Waals surface area contributed by atoms with Crippen molar-refractivity contribution in [2.45, 2.75) is 70.5 Å². The molecule has 40 heavy (non-hydrogen) atoms. The molecule has 5 rings (SSSR count). The number of carboxylic acid groups (broad SMARTS) is 1. The Balaban J connectivity index is 1.47. The van der Waals surface area contributed by atoms with Crippen molar-refractivity contribution < 1.29 is 14.6 Å². The SMILES string of the molecule is CC(C)c1cccc(N2CCCc3c(nc(OC[C@@H]4CCCN4C)nc3N3CCN(C(=O)O)[C@@H](CC#N)C3)C2)c1. The molecule has 0 saturated carbocycles. The first-order valence-corrected chi connectivity index (χ1v) is 14.5. The van der Waals surface area contributed by atoms with Gasteiger partial charge in [0, 0.05) is 43.5 Å². The summed E-state index contributed by atoms with van der Waals surface area (Å²) in [4.78, 5) is 30.0. The van der Waals surface area contributed by atoms with Gasteiger partial charge in [-0.1, -0.05) is 26.0 Å². The summed E-state index contributed by atoms with van der Waals surface area (Å²) in [6.07, 6.45) is 3.22. The minimum atomic E-state index is -0.981. The maximum atomic E-state index is 11.8. The third-order valence-electron chi connectivity index (χ3n) is 8.58. The largest absolute Gasteiger partial charge is 0.465 e. The monoisotopic (exact) mass is 547 g/mol. The summed E-state index contributed by atoms with van der Waals surface area (Å²) < 4.78 is 6.26. The maximum Gasteiger partial charge on any atom is 0.407 e. The number of likely N-dealkylation sites (tertiary alicyclic amines) is 1. The number of piperazine rings is 1. The fourth-order valence-corrected chi connectivity index (χ4v) is 6.16. The second kappa shape index (κ2) is 12.3. The molecule has 10 nitrogen and oxygen atoms in total. The lowest BCUT2D eigenvalue weighted by Crippen LogP contribution is -2.55. The molecule has 0 bridgehead atoms. The van der Waals surface area contributed by atoms with E-state index in [4.69, 9.17) is 14.7 Å². The minimum absolute atomic E-state index is 0.146. The summed E-state index contributed by atoms with van der Waals surface area (Å²) in [7, 11) is 2.13. The summed E-state index contributed by atoms with van der Waals surface area (Å²) in [5.41, 5.74) is 4.57. The van der Waals surface area contributed by atoms with Crippen LogP contribution in [0.25, 0.3) is 0 Å².